The summed E-state index contributed by atoms with van der Waals surface area (Å²) >= 11 is 6.02. The van der Waals surface area contributed by atoms with Crippen LogP contribution in [0.15, 0.2) is 22.6 Å². The topological polar surface area (TPSA) is 66.0 Å². The largest absolute Gasteiger partial charge is 0.425 e. The average molecular weight is 329 g/mol. The highest BCUT2D eigenvalue weighted by molar-refractivity contribution is 6.30. The fraction of sp³-hybridized carbons (Fsp3) is 0.471. The molecule has 1 aromatic heterocycles. The lowest BCUT2D eigenvalue weighted by Gasteiger charge is -2.25. The van der Waals surface area contributed by atoms with Gasteiger partial charge in [0.15, 0.2) is 0 Å². The molecule has 0 spiro atoms. The van der Waals surface area contributed by atoms with E-state index in [1.54, 1.807) is 6.07 Å². The van der Waals surface area contributed by atoms with E-state index in [1.165, 1.54) is 6.42 Å². The maximum Gasteiger partial charge on any atom is 0.224 e. The fourth-order valence-corrected chi connectivity index (χ4v) is 4.37. The zero-order chi connectivity index (χ0) is 16.0. The monoisotopic (exact) mass is 328 g/mol. The minimum absolute atomic E-state index is 0.0758. The Morgan fingerprint density at radius 2 is 2.30 bits per heavy atom. The smallest absolute Gasteiger partial charge is 0.224 e. The summed E-state index contributed by atoms with van der Waals surface area (Å²) in [6.07, 6.45) is 3.41. The second-order valence-electron chi connectivity index (χ2n) is 6.53. The molecule has 5 nitrogen and oxygen atoms in total. The first kappa shape index (κ1) is 14.5. The molecule has 4 rings (SSSR count). The molecule has 1 saturated carbocycles. The van der Waals surface area contributed by atoms with E-state index in [1.807, 2.05) is 19.1 Å². The third-order valence-electron chi connectivity index (χ3n) is 5.24. The summed E-state index contributed by atoms with van der Waals surface area (Å²) in [7, 11) is 0. The Labute approximate surface area is 139 Å². The Hall–Kier alpha value is -2.06. The number of hydrogen-bond donors (Lipinski definition) is 0. The molecule has 1 saturated heterocycles. The Morgan fingerprint density at radius 1 is 1.43 bits per heavy atom. The van der Waals surface area contributed by atoms with Crippen LogP contribution in [-0.4, -0.2) is 23.3 Å². The number of halogens is 1. The summed E-state index contributed by atoms with van der Waals surface area (Å²) in [4.78, 5) is 2.28. The summed E-state index contributed by atoms with van der Waals surface area (Å²) in [5.41, 5.74) is 1.49. The number of aromatic nitrogens is 2. The number of benzene rings is 1. The molecule has 2 heterocycles. The van der Waals surface area contributed by atoms with E-state index < -0.39 is 0 Å². The lowest BCUT2D eigenvalue weighted by Crippen LogP contribution is -2.32. The summed E-state index contributed by atoms with van der Waals surface area (Å²) in [5, 5.41) is 18.3. The number of fused-ring (bicyclic) bond motifs is 1. The van der Waals surface area contributed by atoms with Crippen molar-refractivity contribution < 1.29 is 4.42 Å². The van der Waals surface area contributed by atoms with Gasteiger partial charge >= 0.3 is 0 Å². The van der Waals surface area contributed by atoms with Crippen molar-refractivity contribution in [3.05, 3.63) is 40.6 Å². The highest BCUT2D eigenvalue weighted by Crippen LogP contribution is 2.51. The molecule has 0 radical (unpaired) electrons. The first-order valence-electron chi connectivity index (χ1n) is 7.87. The summed E-state index contributed by atoms with van der Waals surface area (Å²) < 4.78 is 5.80. The molecule has 1 aliphatic carbocycles. The molecule has 118 valence electrons. The first-order valence-corrected chi connectivity index (χ1v) is 8.25. The number of nitrogens with zero attached hydrogens (tertiary/aromatic N) is 4. The number of rotatable bonds is 2. The number of anilines is 1. The third-order valence-corrected chi connectivity index (χ3v) is 5.48. The van der Waals surface area contributed by atoms with E-state index in [4.69, 9.17) is 16.0 Å². The first-order chi connectivity index (χ1) is 11.1. The molecule has 0 unspecified atom stereocenters. The van der Waals surface area contributed by atoms with Crippen molar-refractivity contribution >= 4 is 17.3 Å². The number of aryl methyl sites for hydroxylation is 1. The predicted molar refractivity (Wildman–Crippen MR) is 86.4 cm³/mol. The second kappa shape index (κ2) is 5.24. The maximum atomic E-state index is 9.41. The van der Waals surface area contributed by atoms with Gasteiger partial charge in [0.05, 0.1) is 16.7 Å². The van der Waals surface area contributed by atoms with Gasteiger partial charge in [0.25, 0.3) is 0 Å². The van der Waals surface area contributed by atoms with Gasteiger partial charge in [-0.05, 0) is 37.0 Å². The van der Waals surface area contributed by atoms with E-state index in [9.17, 15) is 5.26 Å². The molecular formula is C17H17ClN4O. The van der Waals surface area contributed by atoms with Crippen molar-refractivity contribution in [1.29, 1.82) is 5.26 Å². The van der Waals surface area contributed by atoms with Crippen molar-refractivity contribution in [3.8, 4) is 6.07 Å². The minimum Gasteiger partial charge on any atom is -0.425 e. The van der Waals surface area contributed by atoms with Gasteiger partial charge in [0.2, 0.25) is 11.8 Å². The molecule has 0 N–H and O–H groups in total. The van der Waals surface area contributed by atoms with Gasteiger partial charge in [-0.1, -0.05) is 18.0 Å². The fourth-order valence-electron chi connectivity index (χ4n) is 4.19. The summed E-state index contributed by atoms with van der Waals surface area (Å²) in [6.45, 7) is 3.56. The van der Waals surface area contributed by atoms with Crippen molar-refractivity contribution in [2.24, 2.45) is 5.92 Å². The van der Waals surface area contributed by atoms with E-state index in [2.05, 4.69) is 21.2 Å². The van der Waals surface area contributed by atoms with Gasteiger partial charge in [-0.25, -0.2) is 0 Å². The van der Waals surface area contributed by atoms with Crippen LogP contribution in [0.3, 0.4) is 0 Å². The van der Waals surface area contributed by atoms with E-state index in [0.717, 1.165) is 37.5 Å². The molecule has 2 aliphatic rings. The predicted octanol–water partition coefficient (Wildman–Crippen LogP) is 3.46. The molecule has 6 heteroatoms. The van der Waals surface area contributed by atoms with Crippen molar-refractivity contribution in [2.75, 3.05) is 18.0 Å². The standard InChI is InChI=1S/C17H17ClN4O/c1-11-20-21-16(23-11)17-6-2-3-13(17)9-22(10-17)15-5-4-14(18)7-12(15)8-19/h4-5,7,13H,2-3,6,9-10H2,1H3/t13-,17-/m0/s1. The third kappa shape index (κ3) is 2.21. The SMILES string of the molecule is Cc1nnc([C@]23CCC[C@H]2CN(c2ccc(Cl)cc2C#N)C3)o1. The molecule has 1 aromatic carbocycles. The Balaban J connectivity index is 1.72. The average Bonchev–Trinajstić information content (AvgIpc) is 3.20. The maximum absolute atomic E-state index is 9.41. The summed E-state index contributed by atoms with van der Waals surface area (Å²) in [5.74, 6) is 1.86. The van der Waals surface area contributed by atoms with Gasteiger partial charge in [0, 0.05) is 25.0 Å². The number of hydrogen-bond acceptors (Lipinski definition) is 5. The Bertz CT molecular complexity index is 796. The van der Waals surface area contributed by atoms with Crippen LogP contribution in [-0.2, 0) is 5.41 Å². The van der Waals surface area contributed by atoms with Gasteiger partial charge < -0.3 is 9.32 Å². The van der Waals surface area contributed by atoms with Gasteiger partial charge in [-0.3, -0.25) is 0 Å². The molecule has 0 amide bonds. The molecule has 2 aromatic rings. The molecule has 2 atom stereocenters. The molecular weight excluding hydrogens is 312 g/mol. The van der Waals surface area contributed by atoms with E-state index >= 15 is 0 Å². The highest BCUT2D eigenvalue weighted by atomic mass is 35.5. The van der Waals surface area contributed by atoms with Crippen LogP contribution in [0.4, 0.5) is 5.69 Å². The number of nitriles is 1. The minimum atomic E-state index is -0.0758. The van der Waals surface area contributed by atoms with Crippen LogP contribution in [0.25, 0.3) is 0 Å². The Morgan fingerprint density at radius 3 is 3.04 bits per heavy atom. The van der Waals surface area contributed by atoms with Crippen molar-refractivity contribution in [1.82, 2.24) is 10.2 Å². The molecule has 0 bridgehead atoms. The van der Waals surface area contributed by atoms with Crippen LogP contribution in [0.5, 0.6) is 0 Å². The zero-order valence-corrected chi connectivity index (χ0v) is 13.7. The van der Waals surface area contributed by atoms with Crippen LogP contribution < -0.4 is 4.90 Å². The van der Waals surface area contributed by atoms with Crippen LogP contribution >= 0.6 is 11.6 Å². The van der Waals surface area contributed by atoms with Crippen molar-refractivity contribution in [2.45, 2.75) is 31.6 Å². The molecule has 1 aliphatic heterocycles. The lowest BCUT2D eigenvalue weighted by molar-refractivity contribution is 0.299. The van der Waals surface area contributed by atoms with Crippen LogP contribution in [0.2, 0.25) is 5.02 Å². The molecule has 2 fully saturated rings. The highest BCUT2D eigenvalue weighted by Gasteiger charge is 2.54. The Kier molecular flexibility index (Phi) is 3.31. The second-order valence-corrected chi connectivity index (χ2v) is 6.96. The lowest BCUT2D eigenvalue weighted by atomic mass is 9.80. The zero-order valence-electron chi connectivity index (χ0n) is 12.9. The van der Waals surface area contributed by atoms with Gasteiger partial charge in [0.1, 0.15) is 6.07 Å². The van der Waals surface area contributed by atoms with Crippen molar-refractivity contribution in [3.63, 3.8) is 0 Å². The normalized spacial score (nSPS) is 26.3. The van der Waals surface area contributed by atoms with E-state index in [0.29, 0.717) is 22.4 Å². The molecule has 23 heavy (non-hydrogen) atoms. The van der Waals surface area contributed by atoms with Crippen LogP contribution in [0, 0.1) is 24.2 Å². The summed E-state index contributed by atoms with van der Waals surface area (Å²) in [6, 6.07) is 7.77. The van der Waals surface area contributed by atoms with E-state index in [-0.39, 0.29) is 5.41 Å². The quantitative estimate of drug-likeness (QED) is 0.844. The van der Waals surface area contributed by atoms with Crippen LogP contribution in [0.1, 0.15) is 36.6 Å². The van der Waals surface area contributed by atoms with Gasteiger partial charge in [-0.15, -0.1) is 10.2 Å². The van der Waals surface area contributed by atoms with Gasteiger partial charge in [-0.2, -0.15) is 5.26 Å².